The summed E-state index contributed by atoms with van der Waals surface area (Å²) in [5.41, 5.74) is 7.11. The van der Waals surface area contributed by atoms with E-state index >= 15 is 0 Å². The lowest BCUT2D eigenvalue weighted by atomic mass is 10.0. The zero-order valence-electron chi connectivity index (χ0n) is 15.9. The van der Waals surface area contributed by atoms with Crippen LogP contribution in [0.5, 0.6) is 0 Å². The Balaban J connectivity index is 1.41. The molecule has 28 heavy (non-hydrogen) atoms. The number of H-pyrrole nitrogens is 1. The van der Waals surface area contributed by atoms with Crippen molar-refractivity contribution in [1.29, 1.82) is 0 Å². The topological polar surface area (TPSA) is 76.0 Å². The first-order valence-corrected chi connectivity index (χ1v) is 9.75. The van der Waals surface area contributed by atoms with Gasteiger partial charge >= 0.3 is 0 Å². The van der Waals surface area contributed by atoms with Crippen LogP contribution in [0.1, 0.15) is 33.0 Å². The Bertz CT molecular complexity index is 1020. The summed E-state index contributed by atoms with van der Waals surface area (Å²) in [6.07, 6.45) is 2.33. The number of fused-ring (bicyclic) bond motifs is 2. The lowest BCUT2D eigenvalue weighted by Crippen LogP contribution is -2.34. The lowest BCUT2D eigenvalue weighted by Gasteiger charge is -2.20. The van der Waals surface area contributed by atoms with E-state index in [0.717, 1.165) is 47.5 Å². The maximum Gasteiger partial charge on any atom is 0.274 e. The molecule has 0 saturated heterocycles. The minimum atomic E-state index is -0.0150. The average Bonchev–Trinajstić information content (AvgIpc) is 3.22. The number of aromatic nitrogens is 4. The highest BCUT2D eigenvalue weighted by Crippen LogP contribution is 2.29. The summed E-state index contributed by atoms with van der Waals surface area (Å²) in [6, 6.07) is 10.3. The Kier molecular flexibility index (Phi) is 4.24. The third-order valence-corrected chi connectivity index (χ3v) is 5.71. The minimum absolute atomic E-state index is 0.0150. The molecule has 1 aromatic carbocycles. The predicted octanol–water partition coefficient (Wildman–Crippen LogP) is 2.12. The number of carbonyl (C=O) groups is 1. The van der Waals surface area contributed by atoms with Crippen molar-refractivity contribution >= 4 is 5.91 Å². The van der Waals surface area contributed by atoms with Gasteiger partial charge in [-0.25, -0.2) is 0 Å². The van der Waals surface area contributed by atoms with E-state index in [-0.39, 0.29) is 5.91 Å². The van der Waals surface area contributed by atoms with Crippen molar-refractivity contribution in [2.24, 2.45) is 7.05 Å². The van der Waals surface area contributed by atoms with Crippen molar-refractivity contribution in [2.75, 3.05) is 19.7 Å². The van der Waals surface area contributed by atoms with Crippen molar-refractivity contribution < 1.29 is 9.53 Å². The van der Waals surface area contributed by atoms with Gasteiger partial charge in [0.25, 0.3) is 5.91 Å². The molecule has 2 aliphatic rings. The third-order valence-electron chi connectivity index (χ3n) is 5.71. The van der Waals surface area contributed by atoms with Gasteiger partial charge in [-0.2, -0.15) is 10.2 Å². The van der Waals surface area contributed by atoms with Gasteiger partial charge in [-0.3, -0.25) is 14.6 Å². The number of hydrogen-bond donors (Lipinski definition) is 1. The molecule has 1 amide bonds. The fraction of sp³-hybridized carbons (Fsp3) is 0.381. The van der Waals surface area contributed by atoms with E-state index in [2.05, 4.69) is 22.3 Å². The van der Waals surface area contributed by atoms with Crippen LogP contribution in [0.3, 0.4) is 0 Å². The highest BCUT2D eigenvalue weighted by molar-refractivity contribution is 5.94. The first-order valence-electron chi connectivity index (χ1n) is 9.75. The molecule has 3 aromatic rings. The predicted molar refractivity (Wildman–Crippen MR) is 104 cm³/mol. The second-order valence-electron chi connectivity index (χ2n) is 7.39. The van der Waals surface area contributed by atoms with Crippen LogP contribution in [0.2, 0.25) is 0 Å². The number of nitrogens with one attached hydrogen (secondary N) is 1. The molecule has 0 unspecified atom stereocenters. The molecule has 0 spiro atoms. The molecule has 1 N–H and O–H groups in total. The number of aromatic amines is 1. The number of amides is 1. The smallest absolute Gasteiger partial charge is 0.274 e. The number of hydrogen-bond acceptors (Lipinski definition) is 4. The third kappa shape index (κ3) is 2.82. The van der Waals surface area contributed by atoms with E-state index < -0.39 is 0 Å². The number of benzene rings is 1. The van der Waals surface area contributed by atoms with Gasteiger partial charge in [0.2, 0.25) is 0 Å². The van der Waals surface area contributed by atoms with Crippen molar-refractivity contribution in [3.8, 4) is 11.3 Å². The van der Waals surface area contributed by atoms with Crippen molar-refractivity contribution in [1.82, 2.24) is 24.9 Å². The molecule has 2 aromatic heterocycles. The Hall–Kier alpha value is -2.93. The number of nitrogens with zero attached hydrogens (tertiary/aromatic N) is 4. The highest BCUT2D eigenvalue weighted by atomic mass is 16.5. The summed E-state index contributed by atoms with van der Waals surface area (Å²) < 4.78 is 7.50. The molecule has 7 heteroatoms. The summed E-state index contributed by atoms with van der Waals surface area (Å²) in [5.74, 6) is -0.0150. The van der Waals surface area contributed by atoms with E-state index in [1.807, 2.05) is 34.8 Å². The molecular formula is C21H23N5O2. The van der Waals surface area contributed by atoms with Gasteiger partial charge in [0.05, 0.1) is 24.6 Å². The van der Waals surface area contributed by atoms with Crippen molar-refractivity contribution in [3.05, 3.63) is 58.5 Å². The molecule has 0 aliphatic carbocycles. The maximum atomic E-state index is 13.1. The second kappa shape index (κ2) is 6.91. The van der Waals surface area contributed by atoms with Gasteiger partial charge in [0.1, 0.15) is 0 Å². The first-order chi connectivity index (χ1) is 13.7. The molecule has 144 valence electrons. The molecule has 0 fully saturated rings. The number of aryl methyl sites for hydroxylation is 1. The van der Waals surface area contributed by atoms with Gasteiger partial charge < -0.3 is 9.64 Å². The molecular weight excluding hydrogens is 354 g/mol. The van der Waals surface area contributed by atoms with Gasteiger partial charge in [-0.05, 0) is 6.42 Å². The van der Waals surface area contributed by atoms with Crippen LogP contribution in [-0.2, 0) is 37.7 Å². The van der Waals surface area contributed by atoms with Crippen LogP contribution in [0.15, 0.2) is 30.3 Å². The van der Waals surface area contributed by atoms with Crippen molar-refractivity contribution in [3.63, 3.8) is 0 Å². The molecule has 0 atom stereocenters. The van der Waals surface area contributed by atoms with E-state index in [1.165, 1.54) is 5.56 Å². The van der Waals surface area contributed by atoms with E-state index in [4.69, 9.17) is 9.84 Å². The Morgan fingerprint density at radius 2 is 1.93 bits per heavy atom. The Morgan fingerprint density at radius 1 is 1.11 bits per heavy atom. The monoisotopic (exact) mass is 377 g/mol. The molecule has 0 bridgehead atoms. The van der Waals surface area contributed by atoms with E-state index in [0.29, 0.717) is 32.0 Å². The zero-order valence-corrected chi connectivity index (χ0v) is 15.9. The van der Waals surface area contributed by atoms with Crippen LogP contribution >= 0.6 is 0 Å². The highest BCUT2D eigenvalue weighted by Gasteiger charge is 2.29. The van der Waals surface area contributed by atoms with Crippen molar-refractivity contribution in [2.45, 2.75) is 25.9 Å². The molecule has 5 rings (SSSR count). The summed E-state index contributed by atoms with van der Waals surface area (Å²) >= 11 is 0. The summed E-state index contributed by atoms with van der Waals surface area (Å²) in [6.45, 7) is 2.46. The Labute approximate surface area is 163 Å². The normalized spacial score (nSPS) is 16.4. The van der Waals surface area contributed by atoms with Crippen LogP contribution < -0.4 is 0 Å². The summed E-state index contributed by atoms with van der Waals surface area (Å²) in [7, 11) is 2.00. The maximum absolute atomic E-state index is 13.1. The van der Waals surface area contributed by atoms with E-state index in [1.54, 1.807) is 0 Å². The fourth-order valence-electron chi connectivity index (χ4n) is 4.29. The van der Waals surface area contributed by atoms with Gasteiger partial charge in [-0.1, -0.05) is 30.3 Å². The van der Waals surface area contributed by atoms with Crippen LogP contribution in [-0.4, -0.2) is 50.5 Å². The SMILES string of the molecule is Cn1nc2c(c1-c1ccccc1)CCN(C(=O)c1n[nH]c3c1COCC3)CC2. The summed E-state index contributed by atoms with van der Waals surface area (Å²) in [4.78, 5) is 15.0. The molecule has 2 aliphatic heterocycles. The zero-order chi connectivity index (χ0) is 19.1. The summed E-state index contributed by atoms with van der Waals surface area (Å²) in [5, 5.41) is 12.1. The fourth-order valence-corrected chi connectivity index (χ4v) is 4.29. The quantitative estimate of drug-likeness (QED) is 0.742. The standard InChI is InChI=1S/C21H23N5O2/c1-25-20(14-5-3-2-4-6-14)15-7-10-26(11-8-18(15)24-25)21(27)19-16-13-28-12-9-17(16)22-23-19/h2-6H,7-13H2,1H3,(H,22,23). The van der Waals surface area contributed by atoms with Crippen LogP contribution in [0.4, 0.5) is 0 Å². The lowest BCUT2D eigenvalue weighted by molar-refractivity contribution is 0.0743. The van der Waals surface area contributed by atoms with Crippen LogP contribution in [0.25, 0.3) is 11.3 Å². The largest absolute Gasteiger partial charge is 0.376 e. The molecule has 0 radical (unpaired) electrons. The van der Waals surface area contributed by atoms with Gasteiger partial charge in [0, 0.05) is 55.4 Å². The van der Waals surface area contributed by atoms with Crippen LogP contribution in [0, 0.1) is 0 Å². The molecule has 7 nitrogen and oxygen atoms in total. The second-order valence-corrected chi connectivity index (χ2v) is 7.39. The molecule has 4 heterocycles. The first kappa shape index (κ1) is 17.2. The Morgan fingerprint density at radius 3 is 2.79 bits per heavy atom. The number of carbonyl (C=O) groups excluding carboxylic acids is 1. The number of ether oxygens (including phenoxy) is 1. The minimum Gasteiger partial charge on any atom is -0.376 e. The molecule has 0 saturated carbocycles. The average molecular weight is 377 g/mol. The van der Waals surface area contributed by atoms with Gasteiger partial charge in [-0.15, -0.1) is 0 Å². The number of rotatable bonds is 2. The van der Waals surface area contributed by atoms with E-state index in [9.17, 15) is 4.79 Å². The van der Waals surface area contributed by atoms with Gasteiger partial charge in [0.15, 0.2) is 5.69 Å².